The third kappa shape index (κ3) is 5.51. The predicted molar refractivity (Wildman–Crippen MR) is 93.0 cm³/mol. The Bertz CT molecular complexity index is 649. The second-order valence-corrected chi connectivity index (χ2v) is 5.25. The van der Waals surface area contributed by atoms with Crippen LogP contribution in [0.15, 0.2) is 36.5 Å². The molecule has 7 nitrogen and oxygen atoms in total. The number of nitrogens with two attached hydrogens (primary N) is 1. The van der Waals surface area contributed by atoms with Crippen LogP contribution in [0.25, 0.3) is 0 Å². The molecule has 128 valence electrons. The second kappa shape index (κ2) is 9.46. The van der Waals surface area contributed by atoms with Gasteiger partial charge in [-0.15, -0.1) is 0 Å². The fourth-order valence-corrected chi connectivity index (χ4v) is 2.24. The number of nitrogens with one attached hydrogen (secondary N) is 2. The molecule has 1 heterocycles. The summed E-state index contributed by atoms with van der Waals surface area (Å²) in [5.74, 6) is -0.0303. The smallest absolute Gasteiger partial charge is 0.258 e. The fraction of sp³-hybridized carbons (Fsp3) is 0.353. The molecular weight excluding hydrogens is 306 g/mol. The zero-order valence-electron chi connectivity index (χ0n) is 13.8. The number of amides is 1. The first-order valence-electron chi connectivity index (χ1n) is 7.90. The summed E-state index contributed by atoms with van der Waals surface area (Å²) in [6.45, 7) is 2.11. The molecule has 0 aliphatic heterocycles. The molecule has 1 aromatic carbocycles. The van der Waals surface area contributed by atoms with E-state index < -0.39 is 0 Å². The van der Waals surface area contributed by atoms with Gasteiger partial charge < -0.3 is 21.1 Å². The van der Waals surface area contributed by atoms with Gasteiger partial charge in [-0.25, -0.2) is 4.98 Å². The molecule has 2 aromatic rings. The standard InChI is InChI=1S/C17H23N5O2/c1-24-16-14(12-21-17(18)22-16)15(23)20-11-10-19-9-5-8-13-6-3-2-4-7-13/h2-4,6-7,12,19H,5,8-11H2,1H3,(H,20,23)(H2,18,21,22). The van der Waals surface area contributed by atoms with Crippen molar-refractivity contribution >= 4 is 11.9 Å². The molecule has 24 heavy (non-hydrogen) atoms. The van der Waals surface area contributed by atoms with Gasteiger partial charge in [0.15, 0.2) is 0 Å². The lowest BCUT2D eigenvalue weighted by molar-refractivity contribution is 0.0950. The molecule has 2 rings (SSSR count). The first kappa shape index (κ1) is 17.7. The minimum atomic E-state index is -0.280. The fourth-order valence-electron chi connectivity index (χ4n) is 2.24. The van der Waals surface area contributed by atoms with Gasteiger partial charge in [-0.1, -0.05) is 30.3 Å². The van der Waals surface area contributed by atoms with Crippen molar-refractivity contribution in [2.45, 2.75) is 12.8 Å². The van der Waals surface area contributed by atoms with Gasteiger partial charge >= 0.3 is 0 Å². The Morgan fingerprint density at radius 3 is 2.75 bits per heavy atom. The van der Waals surface area contributed by atoms with Gasteiger partial charge in [-0.05, 0) is 24.9 Å². The maximum absolute atomic E-state index is 12.1. The Balaban J connectivity index is 1.63. The second-order valence-electron chi connectivity index (χ2n) is 5.25. The SMILES string of the molecule is COc1nc(N)ncc1C(=O)NCCNCCCc1ccccc1. The number of aryl methyl sites for hydroxylation is 1. The zero-order valence-corrected chi connectivity index (χ0v) is 13.8. The third-order valence-electron chi connectivity index (χ3n) is 3.46. The Morgan fingerprint density at radius 2 is 2.00 bits per heavy atom. The highest BCUT2D eigenvalue weighted by atomic mass is 16.5. The molecule has 4 N–H and O–H groups in total. The molecule has 1 amide bonds. The lowest BCUT2D eigenvalue weighted by Crippen LogP contribution is -2.32. The number of hydrogen-bond donors (Lipinski definition) is 3. The van der Waals surface area contributed by atoms with Gasteiger partial charge in [0.25, 0.3) is 5.91 Å². The highest BCUT2D eigenvalue weighted by molar-refractivity contribution is 5.96. The van der Waals surface area contributed by atoms with Crippen LogP contribution in [0.5, 0.6) is 5.88 Å². The van der Waals surface area contributed by atoms with Crippen molar-refractivity contribution in [3.8, 4) is 5.88 Å². The number of rotatable bonds is 9. The number of benzene rings is 1. The number of ether oxygens (including phenoxy) is 1. The number of carbonyl (C=O) groups is 1. The summed E-state index contributed by atoms with van der Waals surface area (Å²) in [5, 5.41) is 6.10. The van der Waals surface area contributed by atoms with Gasteiger partial charge in [0, 0.05) is 19.3 Å². The van der Waals surface area contributed by atoms with Crippen LogP contribution in [-0.4, -0.2) is 42.6 Å². The number of carbonyl (C=O) groups excluding carboxylic acids is 1. The van der Waals surface area contributed by atoms with E-state index in [1.165, 1.54) is 18.9 Å². The first-order valence-corrected chi connectivity index (χ1v) is 7.90. The van der Waals surface area contributed by atoms with Crippen LogP contribution >= 0.6 is 0 Å². The van der Waals surface area contributed by atoms with E-state index >= 15 is 0 Å². The van der Waals surface area contributed by atoms with Crippen LogP contribution in [0.2, 0.25) is 0 Å². The number of methoxy groups -OCH3 is 1. The highest BCUT2D eigenvalue weighted by Gasteiger charge is 2.14. The number of nitrogens with zero attached hydrogens (tertiary/aromatic N) is 2. The molecule has 0 radical (unpaired) electrons. The van der Waals surface area contributed by atoms with Crippen molar-refractivity contribution in [2.24, 2.45) is 0 Å². The molecule has 0 fully saturated rings. The predicted octanol–water partition coefficient (Wildman–Crippen LogP) is 1.02. The van der Waals surface area contributed by atoms with E-state index in [0.29, 0.717) is 13.1 Å². The Morgan fingerprint density at radius 1 is 1.21 bits per heavy atom. The minimum absolute atomic E-state index is 0.0727. The molecular formula is C17H23N5O2. The largest absolute Gasteiger partial charge is 0.480 e. The van der Waals surface area contributed by atoms with Gasteiger partial charge in [-0.2, -0.15) is 4.98 Å². The third-order valence-corrected chi connectivity index (χ3v) is 3.46. The van der Waals surface area contributed by atoms with Crippen LogP contribution in [0.4, 0.5) is 5.95 Å². The summed E-state index contributed by atoms with van der Waals surface area (Å²) in [4.78, 5) is 19.8. The lowest BCUT2D eigenvalue weighted by Gasteiger charge is -2.09. The maximum Gasteiger partial charge on any atom is 0.258 e. The lowest BCUT2D eigenvalue weighted by atomic mass is 10.1. The molecule has 0 saturated heterocycles. The van der Waals surface area contributed by atoms with E-state index in [4.69, 9.17) is 10.5 Å². The molecule has 0 saturated carbocycles. The molecule has 0 spiro atoms. The number of hydrogen-bond acceptors (Lipinski definition) is 6. The summed E-state index contributed by atoms with van der Waals surface area (Å²) in [7, 11) is 1.44. The molecule has 7 heteroatoms. The van der Waals surface area contributed by atoms with Crippen LogP contribution in [0.3, 0.4) is 0 Å². The van der Waals surface area contributed by atoms with Crippen molar-refractivity contribution in [1.29, 1.82) is 0 Å². The normalized spacial score (nSPS) is 10.4. The van der Waals surface area contributed by atoms with Crippen molar-refractivity contribution in [2.75, 3.05) is 32.5 Å². The van der Waals surface area contributed by atoms with E-state index in [1.807, 2.05) is 18.2 Å². The van der Waals surface area contributed by atoms with Crippen LogP contribution in [-0.2, 0) is 6.42 Å². The molecule has 0 aliphatic carbocycles. The number of anilines is 1. The van der Waals surface area contributed by atoms with Crippen molar-refractivity contribution in [3.05, 3.63) is 47.7 Å². The Labute approximate surface area is 141 Å². The van der Waals surface area contributed by atoms with Gasteiger partial charge in [-0.3, -0.25) is 4.79 Å². The van der Waals surface area contributed by atoms with Gasteiger partial charge in [0.2, 0.25) is 11.8 Å². The topological polar surface area (TPSA) is 102 Å². The van der Waals surface area contributed by atoms with E-state index in [2.05, 4.69) is 32.7 Å². The van der Waals surface area contributed by atoms with Crippen molar-refractivity contribution < 1.29 is 9.53 Å². The van der Waals surface area contributed by atoms with Crippen molar-refractivity contribution in [1.82, 2.24) is 20.6 Å². The number of nitrogen functional groups attached to an aromatic ring is 1. The quantitative estimate of drug-likeness (QED) is 0.594. The summed E-state index contributed by atoms with van der Waals surface area (Å²) in [6, 6.07) is 10.4. The summed E-state index contributed by atoms with van der Waals surface area (Å²) in [5.41, 5.74) is 7.08. The molecule has 0 bridgehead atoms. The summed E-state index contributed by atoms with van der Waals surface area (Å²) < 4.78 is 5.04. The van der Waals surface area contributed by atoms with E-state index in [9.17, 15) is 4.79 Å². The highest BCUT2D eigenvalue weighted by Crippen LogP contribution is 2.14. The maximum atomic E-state index is 12.1. The van der Waals surface area contributed by atoms with Crippen molar-refractivity contribution in [3.63, 3.8) is 0 Å². The van der Waals surface area contributed by atoms with Gasteiger partial charge in [0.1, 0.15) is 5.56 Å². The van der Waals surface area contributed by atoms with Crippen LogP contribution < -0.4 is 21.1 Å². The molecule has 0 unspecified atom stereocenters. The summed E-state index contributed by atoms with van der Waals surface area (Å²) in [6.07, 6.45) is 3.46. The zero-order chi connectivity index (χ0) is 17.2. The van der Waals surface area contributed by atoms with E-state index in [-0.39, 0.29) is 23.3 Å². The minimum Gasteiger partial charge on any atom is -0.480 e. The molecule has 0 atom stereocenters. The van der Waals surface area contributed by atoms with Crippen LogP contribution in [0, 0.1) is 0 Å². The van der Waals surface area contributed by atoms with E-state index in [0.717, 1.165) is 19.4 Å². The monoisotopic (exact) mass is 329 g/mol. The van der Waals surface area contributed by atoms with Crippen LogP contribution in [0.1, 0.15) is 22.3 Å². The average molecular weight is 329 g/mol. The average Bonchev–Trinajstić information content (AvgIpc) is 2.61. The molecule has 0 aliphatic rings. The Kier molecular flexibility index (Phi) is 6.97. The number of aromatic nitrogens is 2. The van der Waals surface area contributed by atoms with E-state index in [1.54, 1.807) is 0 Å². The van der Waals surface area contributed by atoms with Gasteiger partial charge in [0.05, 0.1) is 7.11 Å². The Hall–Kier alpha value is -2.67. The summed E-state index contributed by atoms with van der Waals surface area (Å²) >= 11 is 0. The molecule has 1 aromatic heterocycles. The first-order chi connectivity index (χ1) is 11.7.